The van der Waals surface area contributed by atoms with Gasteiger partial charge < -0.3 is 0 Å². The average Bonchev–Trinajstić information content (AvgIpc) is 2.35. The van der Waals surface area contributed by atoms with Crippen molar-refractivity contribution < 1.29 is 17.2 Å². The summed E-state index contributed by atoms with van der Waals surface area (Å²) in [6.07, 6.45) is 0. The standard InChI is InChI=1S/C12H9BrF2N2O2S/c1-7-2-3-8(13)6-10(7)20(18,19)17-9-4-5-11(14)16-12(9)15/h2-6,17H,1H3. The van der Waals surface area contributed by atoms with Gasteiger partial charge in [0.25, 0.3) is 10.0 Å². The third-order valence-corrected chi connectivity index (χ3v) is 4.50. The summed E-state index contributed by atoms with van der Waals surface area (Å²) in [5, 5.41) is 0. The number of benzene rings is 1. The number of halogens is 3. The van der Waals surface area contributed by atoms with Gasteiger partial charge in [-0.05, 0) is 36.8 Å². The third-order valence-electron chi connectivity index (χ3n) is 2.50. The number of nitrogens with one attached hydrogen (secondary N) is 1. The summed E-state index contributed by atoms with van der Waals surface area (Å²) >= 11 is 3.17. The van der Waals surface area contributed by atoms with E-state index in [1.54, 1.807) is 19.1 Å². The maximum Gasteiger partial charge on any atom is 0.262 e. The van der Waals surface area contributed by atoms with Gasteiger partial charge in [-0.2, -0.15) is 13.8 Å². The molecule has 0 radical (unpaired) electrons. The maximum atomic E-state index is 13.4. The summed E-state index contributed by atoms with van der Waals surface area (Å²) < 4.78 is 53.1. The molecule has 1 aromatic carbocycles. The summed E-state index contributed by atoms with van der Waals surface area (Å²) in [5.41, 5.74) is 0.0851. The van der Waals surface area contributed by atoms with Crippen molar-refractivity contribution in [2.45, 2.75) is 11.8 Å². The van der Waals surface area contributed by atoms with Crippen molar-refractivity contribution in [1.82, 2.24) is 4.98 Å². The molecule has 0 saturated heterocycles. The smallest absolute Gasteiger partial charge is 0.262 e. The van der Waals surface area contributed by atoms with Crippen molar-refractivity contribution in [3.05, 3.63) is 52.3 Å². The van der Waals surface area contributed by atoms with E-state index in [2.05, 4.69) is 20.9 Å². The van der Waals surface area contributed by atoms with Gasteiger partial charge in [0, 0.05) is 4.47 Å². The van der Waals surface area contributed by atoms with E-state index in [1.807, 2.05) is 4.72 Å². The Morgan fingerprint density at radius 3 is 2.55 bits per heavy atom. The van der Waals surface area contributed by atoms with Gasteiger partial charge in [0.2, 0.25) is 11.9 Å². The van der Waals surface area contributed by atoms with Crippen LogP contribution in [0.15, 0.2) is 39.7 Å². The Morgan fingerprint density at radius 2 is 1.90 bits per heavy atom. The number of anilines is 1. The minimum Gasteiger partial charge on any atom is -0.275 e. The number of rotatable bonds is 3. The van der Waals surface area contributed by atoms with E-state index in [-0.39, 0.29) is 4.90 Å². The van der Waals surface area contributed by atoms with Gasteiger partial charge in [0.15, 0.2) is 0 Å². The number of aromatic nitrogens is 1. The second kappa shape index (κ2) is 5.45. The molecule has 0 bridgehead atoms. The SMILES string of the molecule is Cc1ccc(Br)cc1S(=O)(=O)Nc1ccc(F)nc1F. The molecule has 2 aromatic rings. The van der Waals surface area contributed by atoms with Crippen LogP contribution in [0.4, 0.5) is 14.5 Å². The summed E-state index contributed by atoms with van der Waals surface area (Å²) in [7, 11) is -3.98. The highest BCUT2D eigenvalue weighted by Gasteiger charge is 2.19. The largest absolute Gasteiger partial charge is 0.275 e. The number of hydrogen-bond acceptors (Lipinski definition) is 3. The molecule has 0 saturated carbocycles. The molecule has 1 aromatic heterocycles. The molecule has 0 fully saturated rings. The minimum absolute atomic E-state index is 0.00407. The lowest BCUT2D eigenvalue weighted by Crippen LogP contribution is -2.15. The Bertz CT molecular complexity index is 766. The Balaban J connectivity index is 2.43. The van der Waals surface area contributed by atoms with E-state index in [4.69, 9.17) is 0 Å². The lowest BCUT2D eigenvalue weighted by Gasteiger charge is -2.11. The maximum absolute atomic E-state index is 13.4. The predicted molar refractivity (Wildman–Crippen MR) is 73.8 cm³/mol. The molecule has 0 amide bonds. The zero-order valence-electron chi connectivity index (χ0n) is 10.2. The molecule has 0 atom stereocenters. The fourth-order valence-corrected chi connectivity index (χ4v) is 3.39. The van der Waals surface area contributed by atoms with E-state index in [1.165, 1.54) is 6.07 Å². The molecule has 8 heteroatoms. The van der Waals surface area contributed by atoms with E-state index in [0.29, 0.717) is 10.0 Å². The Morgan fingerprint density at radius 1 is 1.20 bits per heavy atom. The lowest BCUT2D eigenvalue weighted by atomic mass is 10.2. The quantitative estimate of drug-likeness (QED) is 0.852. The Labute approximate surface area is 123 Å². The molecule has 20 heavy (non-hydrogen) atoms. The summed E-state index contributed by atoms with van der Waals surface area (Å²) in [5.74, 6) is -2.25. The highest BCUT2D eigenvalue weighted by molar-refractivity contribution is 9.10. The predicted octanol–water partition coefficient (Wildman–Crippen LogP) is 3.23. The third kappa shape index (κ3) is 3.13. The molecule has 4 nitrogen and oxygen atoms in total. The zero-order chi connectivity index (χ0) is 14.9. The molecule has 1 N–H and O–H groups in total. The topological polar surface area (TPSA) is 59.1 Å². The van der Waals surface area contributed by atoms with Gasteiger partial charge >= 0.3 is 0 Å². The highest BCUT2D eigenvalue weighted by atomic mass is 79.9. The van der Waals surface area contributed by atoms with Gasteiger partial charge in [-0.3, -0.25) is 4.72 Å². The molecule has 0 aliphatic heterocycles. The van der Waals surface area contributed by atoms with Crippen LogP contribution in [0, 0.1) is 18.8 Å². The van der Waals surface area contributed by atoms with Crippen LogP contribution in [0.5, 0.6) is 0 Å². The van der Waals surface area contributed by atoms with Crippen LogP contribution >= 0.6 is 15.9 Å². The van der Waals surface area contributed by atoms with Gasteiger partial charge in [-0.1, -0.05) is 22.0 Å². The first-order valence-corrected chi connectivity index (χ1v) is 7.68. The van der Waals surface area contributed by atoms with Crippen LogP contribution in [0.2, 0.25) is 0 Å². The van der Waals surface area contributed by atoms with Crippen molar-refractivity contribution in [2.24, 2.45) is 0 Å². The molecule has 106 valence electrons. The monoisotopic (exact) mass is 362 g/mol. The van der Waals surface area contributed by atoms with Gasteiger partial charge in [0.05, 0.1) is 4.90 Å². The fraction of sp³-hybridized carbons (Fsp3) is 0.0833. The highest BCUT2D eigenvalue weighted by Crippen LogP contribution is 2.23. The van der Waals surface area contributed by atoms with Crippen LogP contribution in [-0.2, 0) is 10.0 Å². The first-order chi connectivity index (χ1) is 9.29. The van der Waals surface area contributed by atoms with Crippen LogP contribution < -0.4 is 4.72 Å². The summed E-state index contributed by atoms with van der Waals surface area (Å²) in [6.45, 7) is 1.61. The number of sulfonamides is 1. The lowest BCUT2D eigenvalue weighted by molar-refractivity contribution is 0.515. The number of pyridine rings is 1. The molecule has 0 aliphatic rings. The molecule has 0 aliphatic carbocycles. The second-order valence-electron chi connectivity index (χ2n) is 3.99. The van der Waals surface area contributed by atoms with E-state index < -0.39 is 27.6 Å². The molecule has 1 heterocycles. The van der Waals surface area contributed by atoms with Crippen LogP contribution in [0.25, 0.3) is 0 Å². The first kappa shape index (κ1) is 14.9. The first-order valence-electron chi connectivity index (χ1n) is 5.40. The van der Waals surface area contributed by atoms with Crippen molar-refractivity contribution in [3.8, 4) is 0 Å². The second-order valence-corrected chi connectivity index (χ2v) is 6.55. The summed E-state index contributed by atoms with van der Waals surface area (Å²) in [6, 6.07) is 6.54. The zero-order valence-corrected chi connectivity index (χ0v) is 12.6. The van der Waals surface area contributed by atoms with Gasteiger partial charge in [-0.15, -0.1) is 0 Å². The van der Waals surface area contributed by atoms with Crippen molar-refractivity contribution in [1.29, 1.82) is 0 Å². The fourth-order valence-electron chi connectivity index (χ4n) is 1.55. The Hall–Kier alpha value is -1.54. The Kier molecular flexibility index (Phi) is 4.05. The number of aryl methyl sites for hydroxylation is 1. The normalized spacial score (nSPS) is 11.4. The summed E-state index contributed by atoms with van der Waals surface area (Å²) in [4.78, 5) is 2.92. The van der Waals surface area contributed by atoms with Crippen molar-refractivity contribution >= 4 is 31.6 Å². The van der Waals surface area contributed by atoms with Crippen molar-refractivity contribution in [2.75, 3.05) is 4.72 Å². The number of nitrogens with zero attached hydrogens (tertiary/aromatic N) is 1. The van der Waals surface area contributed by atoms with Crippen LogP contribution in [0.3, 0.4) is 0 Å². The number of hydrogen-bond donors (Lipinski definition) is 1. The molecular weight excluding hydrogens is 354 g/mol. The molecule has 0 unspecified atom stereocenters. The van der Waals surface area contributed by atoms with E-state index in [9.17, 15) is 17.2 Å². The minimum atomic E-state index is -3.98. The van der Waals surface area contributed by atoms with Gasteiger partial charge in [0.1, 0.15) is 5.69 Å². The van der Waals surface area contributed by atoms with E-state index >= 15 is 0 Å². The van der Waals surface area contributed by atoms with Crippen LogP contribution in [-0.4, -0.2) is 13.4 Å². The molecular formula is C12H9BrF2N2O2S. The van der Waals surface area contributed by atoms with Crippen LogP contribution in [0.1, 0.15) is 5.56 Å². The van der Waals surface area contributed by atoms with Gasteiger partial charge in [-0.25, -0.2) is 8.42 Å². The van der Waals surface area contributed by atoms with Crippen molar-refractivity contribution in [3.63, 3.8) is 0 Å². The molecule has 2 rings (SSSR count). The molecule has 0 spiro atoms. The average molecular weight is 363 g/mol. The van der Waals surface area contributed by atoms with E-state index in [0.717, 1.165) is 12.1 Å².